The number of carbonyl (C=O) groups excluding carboxylic acids is 1. The van der Waals surface area contributed by atoms with Gasteiger partial charge in [0, 0.05) is 12.2 Å². The van der Waals surface area contributed by atoms with Crippen LogP contribution in [0.25, 0.3) is 0 Å². The topological polar surface area (TPSA) is 76.2 Å². The van der Waals surface area contributed by atoms with Gasteiger partial charge in [0.05, 0.1) is 19.8 Å². The van der Waals surface area contributed by atoms with Gasteiger partial charge in [0.1, 0.15) is 17.6 Å². The van der Waals surface area contributed by atoms with Crippen molar-refractivity contribution in [3.05, 3.63) is 17.2 Å². The van der Waals surface area contributed by atoms with Gasteiger partial charge in [-0.05, 0) is 11.8 Å². The summed E-state index contributed by atoms with van der Waals surface area (Å²) >= 11 is 0. The first-order valence-corrected chi connectivity index (χ1v) is 6.61. The van der Waals surface area contributed by atoms with Crippen LogP contribution < -0.4 is 5.32 Å². The molecule has 1 fully saturated rings. The van der Waals surface area contributed by atoms with Gasteiger partial charge < -0.3 is 19.8 Å². The van der Waals surface area contributed by atoms with Crippen LogP contribution >= 0.6 is 0 Å². The van der Waals surface area contributed by atoms with Gasteiger partial charge in [-0.2, -0.15) is 0 Å². The molecule has 19 heavy (non-hydrogen) atoms. The van der Waals surface area contributed by atoms with E-state index in [0.29, 0.717) is 37.9 Å². The minimum Gasteiger partial charge on any atom is -0.376 e. The summed E-state index contributed by atoms with van der Waals surface area (Å²) in [5, 5.41) is 2.91. The fraction of sp³-hybridized carbons (Fsp3) is 0.692. The Balaban J connectivity index is 1.90. The van der Waals surface area contributed by atoms with Gasteiger partial charge in [0.15, 0.2) is 0 Å². The molecule has 1 aromatic heterocycles. The van der Waals surface area contributed by atoms with E-state index < -0.39 is 0 Å². The summed E-state index contributed by atoms with van der Waals surface area (Å²) in [5.74, 6) is 0.581. The van der Waals surface area contributed by atoms with Crippen molar-refractivity contribution in [2.75, 3.05) is 26.4 Å². The highest BCUT2D eigenvalue weighted by Gasteiger charge is 2.31. The minimum atomic E-state index is -0.198. The third-order valence-electron chi connectivity index (χ3n) is 3.52. The zero-order valence-electron chi connectivity index (χ0n) is 11.3. The lowest BCUT2D eigenvalue weighted by Gasteiger charge is -2.22. The SMILES string of the molecule is CC1(C)CNC(=O)c2nc([C@@H]3COCCO3)[nH]c2C1. The molecule has 0 unspecified atom stereocenters. The summed E-state index contributed by atoms with van der Waals surface area (Å²) in [6.45, 7) is 6.58. The predicted molar refractivity (Wildman–Crippen MR) is 67.9 cm³/mol. The van der Waals surface area contributed by atoms with Crippen LogP contribution in [-0.2, 0) is 15.9 Å². The number of ether oxygens (including phenoxy) is 2. The number of nitrogens with one attached hydrogen (secondary N) is 2. The molecule has 6 nitrogen and oxygen atoms in total. The van der Waals surface area contributed by atoms with E-state index in [-0.39, 0.29) is 17.4 Å². The molecule has 0 bridgehead atoms. The standard InChI is InChI=1S/C13H19N3O3/c1-13(2)5-8-10(12(17)14-7-13)16-11(15-8)9-6-18-3-4-19-9/h9H,3-7H2,1-2H3,(H,14,17)(H,15,16)/t9-/m0/s1. The lowest BCUT2D eigenvalue weighted by Crippen LogP contribution is -2.32. The molecule has 3 rings (SSSR count). The van der Waals surface area contributed by atoms with Crippen molar-refractivity contribution in [1.82, 2.24) is 15.3 Å². The number of amides is 1. The molecule has 0 radical (unpaired) electrons. The Bertz CT molecular complexity index is 489. The second-order valence-electron chi connectivity index (χ2n) is 5.91. The van der Waals surface area contributed by atoms with Gasteiger partial charge in [-0.25, -0.2) is 4.98 Å². The van der Waals surface area contributed by atoms with Crippen LogP contribution in [0.2, 0.25) is 0 Å². The van der Waals surface area contributed by atoms with Crippen LogP contribution in [0.3, 0.4) is 0 Å². The van der Waals surface area contributed by atoms with E-state index in [0.717, 1.165) is 12.1 Å². The first-order chi connectivity index (χ1) is 9.05. The van der Waals surface area contributed by atoms with Gasteiger partial charge >= 0.3 is 0 Å². The lowest BCUT2D eigenvalue weighted by molar-refractivity contribution is -0.0933. The van der Waals surface area contributed by atoms with Crippen LogP contribution in [0, 0.1) is 5.41 Å². The molecule has 2 aliphatic heterocycles. The van der Waals surface area contributed by atoms with E-state index in [1.54, 1.807) is 0 Å². The summed E-state index contributed by atoms with van der Waals surface area (Å²) in [6.07, 6.45) is 0.596. The van der Waals surface area contributed by atoms with Crippen molar-refractivity contribution in [3.8, 4) is 0 Å². The summed E-state index contributed by atoms with van der Waals surface area (Å²) in [7, 11) is 0. The molecule has 1 atom stereocenters. The number of carbonyl (C=O) groups is 1. The Kier molecular flexibility index (Phi) is 3.06. The first-order valence-electron chi connectivity index (χ1n) is 6.61. The molecule has 1 amide bonds. The average molecular weight is 265 g/mol. The Morgan fingerprint density at radius 2 is 2.21 bits per heavy atom. The lowest BCUT2D eigenvalue weighted by atomic mass is 9.88. The van der Waals surface area contributed by atoms with Gasteiger partial charge in [0.2, 0.25) is 0 Å². The molecule has 1 aromatic rings. The highest BCUT2D eigenvalue weighted by molar-refractivity contribution is 5.94. The van der Waals surface area contributed by atoms with Crippen molar-refractivity contribution < 1.29 is 14.3 Å². The van der Waals surface area contributed by atoms with Crippen LogP contribution in [0.4, 0.5) is 0 Å². The van der Waals surface area contributed by atoms with Crippen LogP contribution in [0.5, 0.6) is 0 Å². The number of imidazole rings is 1. The maximum Gasteiger partial charge on any atom is 0.271 e. The van der Waals surface area contributed by atoms with Crippen molar-refractivity contribution in [2.45, 2.75) is 26.4 Å². The molecule has 6 heteroatoms. The number of aromatic nitrogens is 2. The summed E-state index contributed by atoms with van der Waals surface area (Å²) in [4.78, 5) is 19.7. The smallest absolute Gasteiger partial charge is 0.271 e. The maximum atomic E-state index is 12.0. The Morgan fingerprint density at radius 1 is 1.37 bits per heavy atom. The van der Waals surface area contributed by atoms with Crippen molar-refractivity contribution in [2.24, 2.45) is 5.41 Å². The zero-order chi connectivity index (χ0) is 13.5. The molecule has 2 aliphatic rings. The largest absolute Gasteiger partial charge is 0.376 e. The summed E-state index contributed by atoms with van der Waals surface area (Å²) in [6, 6.07) is 0. The normalized spacial score (nSPS) is 26.4. The van der Waals surface area contributed by atoms with E-state index in [9.17, 15) is 4.79 Å². The summed E-state index contributed by atoms with van der Waals surface area (Å²) < 4.78 is 11.0. The average Bonchev–Trinajstić information content (AvgIpc) is 2.76. The fourth-order valence-electron chi connectivity index (χ4n) is 2.49. The third-order valence-corrected chi connectivity index (χ3v) is 3.52. The quantitative estimate of drug-likeness (QED) is 0.788. The Morgan fingerprint density at radius 3 is 2.95 bits per heavy atom. The van der Waals surface area contributed by atoms with Crippen LogP contribution in [0.1, 0.15) is 42.0 Å². The van der Waals surface area contributed by atoms with Crippen LogP contribution in [0.15, 0.2) is 0 Å². The molecule has 2 N–H and O–H groups in total. The molecule has 0 spiro atoms. The first kappa shape index (κ1) is 12.6. The van der Waals surface area contributed by atoms with Crippen LogP contribution in [-0.4, -0.2) is 42.2 Å². The third kappa shape index (κ3) is 2.50. The number of rotatable bonds is 1. The molecular formula is C13H19N3O3. The monoisotopic (exact) mass is 265 g/mol. The number of nitrogens with zero attached hydrogens (tertiary/aromatic N) is 1. The maximum absolute atomic E-state index is 12.0. The molecule has 3 heterocycles. The molecule has 0 aliphatic carbocycles. The second-order valence-corrected chi connectivity index (χ2v) is 5.91. The second kappa shape index (κ2) is 4.61. The molecule has 0 saturated carbocycles. The van der Waals surface area contributed by atoms with Crippen molar-refractivity contribution in [1.29, 1.82) is 0 Å². The van der Waals surface area contributed by atoms with Crippen molar-refractivity contribution >= 4 is 5.91 Å². The molecule has 1 saturated heterocycles. The number of H-pyrrole nitrogens is 1. The molecule has 0 aromatic carbocycles. The van der Waals surface area contributed by atoms with Gasteiger partial charge in [0.25, 0.3) is 5.91 Å². The number of hydrogen-bond donors (Lipinski definition) is 2. The zero-order valence-corrected chi connectivity index (χ0v) is 11.3. The highest BCUT2D eigenvalue weighted by Crippen LogP contribution is 2.27. The number of fused-ring (bicyclic) bond motifs is 1. The number of hydrogen-bond acceptors (Lipinski definition) is 4. The highest BCUT2D eigenvalue weighted by atomic mass is 16.6. The van der Waals surface area contributed by atoms with E-state index in [1.165, 1.54) is 0 Å². The van der Waals surface area contributed by atoms with E-state index in [1.807, 2.05) is 0 Å². The Labute approximate surface area is 111 Å². The van der Waals surface area contributed by atoms with Gasteiger partial charge in [-0.1, -0.05) is 13.8 Å². The predicted octanol–water partition coefficient (Wildman–Crippen LogP) is 0.810. The minimum absolute atomic E-state index is 0.0225. The van der Waals surface area contributed by atoms with Crippen molar-refractivity contribution in [3.63, 3.8) is 0 Å². The molecule has 104 valence electrons. The number of aromatic amines is 1. The van der Waals surface area contributed by atoms with E-state index >= 15 is 0 Å². The van der Waals surface area contributed by atoms with Gasteiger partial charge in [-0.3, -0.25) is 4.79 Å². The fourth-order valence-corrected chi connectivity index (χ4v) is 2.49. The van der Waals surface area contributed by atoms with E-state index in [2.05, 4.69) is 29.1 Å². The Hall–Kier alpha value is -1.40. The van der Waals surface area contributed by atoms with E-state index in [4.69, 9.17) is 9.47 Å². The van der Waals surface area contributed by atoms with Gasteiger partial charge in [-0.15, -0.1) is 0 Å². The molecular weight excluding hydrogens is 246 g/mol. The summed E-state index contributed by atoms with van der Waals surface area (Å²) in [5.41, 5.74) is 1.41.